The van der Waals surface area contributed by atoms with Crippen LogP contribution in [0.15, 0.2) is 6.33 Å². The first-order valence-electron chi connectivity index (χ1n) is 5.51. The van der Waals surface area contributed by atoms with Gasteiger partial charge in [0.05, 0.1) is 11.8 Å². The lowest BCUT2D eigenvalue weighted by Crippen LogP contribution is -2.34. The summed E-state index contributed by atoms with van der Waals surface area (Å²) in [7, 11) is -1.51. The van der Waals surface area contributed by atoms with Crippen LogP contribution in [0.2, 0.25) is 0 Å². The first-order chi connectivity index (χ1) is 7.96. The van der Waals surface area contributed by atoms with Gasteiger partial charge in [-0.3, -0.25) is 0 Å². The van der Waals surface area contributed by atoms with Gasteiger partial charge in [0.25, 0.3) is 0 Å². The molecule has 2 N–H and O–H groups in total. The zero-order valence-corrected chi connectivity index (χ0v) is 11.2. The predicted octanol–water partition coefficient (Wildman–Crippen LogP) is -0.595. The van der Waals surface area contributed by atoms with Crippen molar-refractivity contribution in [3.63, 3.8) is 0 Å². The maximum Gasteiger partial charge on any atom is 0.213 e. The van der Waals surface area contributed by atoms with E-state index in [2.05, 4.69) is 20.2 Å². The third-order valence-electron chi connectivity index (χ3n) is 2.29. The van der Waals surface area contributed by atoms with Crippen molar-refractivity contribution >= 4 is 10.0 Å². The number of rotatable bonds is 7. The molecule has 0 saturated carbocycles. The van der Waals surface area contributed by atoms with E-state index in [1.54, 1.807) is 24.9 Å². The zero-order valence-electron chi connectivity index (χ0n) is 10.3. The highest BCUT2D eigenvalue weighted by molar-refractivity contribution is 7.89. The van der Waals surface area contributed by atoms with Gasteiger partial charge in [0, 0.05) is 13.6 Å². The SMILES string of the molecule is CCNCCS(=O)(=O)NC(C)c1nncn1C. The van der Waals surface area contributed by atoms with Crippen molar-refractivity contribution in [2.24, 2.45) is 7.05 Å². The Balaban J connectivity index is 2.56. The summed E-state index contributed by atoms with van der Waals surface area (Å²) >= 11 is 0. The Bertz CT molecular complexity index is 442. The van der Waals surface area contributed by atoms with Crippen LogP contribution in [0.4, 0.5) is 0 Å². The van der Waals surface area contributed by atoms with Gasteiger partial charge >= 0.3 is 0 Å². The summed E-state index contributed by atoms with van der Waals surface area (Å²) in [6.07, 6.45) is 1.54. The number of aromatic nitrogens is 3. The van der Waals surface area contributed by atoms with Gasteiger partial charge in [0.2, 0.25) is 10.0 Å². The highest BCUT2D eigenvalue weighted by Gasteiger charge is 2.18. The Morgan fingerprint density at radius 2 is 2.24 bits per heavy atom. The van der Waals surface area contributed by atoms with Crippen LogP contribution in [-0.2, 0) is 17.1 Å². The number of hydrogen-bond donors (Lipinski definition) is 2. The molecule has 0 aliphatic rings. The summed E-state index contributed by atoms with van der Waals surface area (Å²) in [5.41, 5.74) is 0. The molecule has 0 bridgehead atoms. The predicted molar refractivity (Wildman–Crippen MR) is 64.9 cm³/mol. The molecule has 1 aromatic heterocycles. The molecule has 1 rings (SSSR count). The zero-order chi connectivity index (χ0) is 12.9. The second kappa shape index (κ2) is 6.08. The third kappa shape index (κ3) is 4.41. The van der Waals surface area contributed by atoms with Crippen LogP contribution in [0.1, 0.15) is 25.7 Å². The molecule has 0 fully saturated rings. The lowest BCUT2D eigenvalue weighted by atomic mass is 10.3. The summed E-state index contributed by atoms with van der Waals surface area (Å²) < 4.78 is 27.7. The fourth-order valence-corrected chi connectivity index (χ4v) is 2.62. The van der Waals surface area contributed by atoms with Gasteiger partial charge in [0.1, 0.15) is 12.2 Å². The topological polar surface area (TPSA) is 88.9 Å². The quantitative estimate of drug-likeness (QED) is 0.640. The molecule has 1 atom stereocenters. The number of aryl methyl sites for hydroxylation is 1. The molecule has 17 heavy (non-hydrogen) atoms. The molecule has 1 heterocycles. The van der Waals surface area contributed by atoms with Crippen LogP contribution in [0, 0.1) is 0 Å². The van der Waals surface area contributed by atoms with Crippen molar-refractivity contribution in [1.82, 2.24) is 24.8 Å². The number of hydrogen-bond acceptors (Lipinski definition) is 5. The molecule has 1 unspecified atom stereocenters. The van der Waals surface area contributed by atoms with Gasteiger partial charge in [-0.2, -0.15) is 0 Å². The minimum absolute atomic E-state index is 0.0586. The molecule has 8 heteroatoms. The molecule has 0 saturated heterocycles. The molecule has 0 aromatic carbocycles. The second-order valence-corrected chi connectivity index (χ2v) is 5.69. The first kappa shape index (κ1) is 14.1. The van der Waals surface area contributed by atoms with E-state index in [4.69, 9.17) is 0 Å². The first-order valence-corrected chi connectivity index (χ1v) is 7.16. The Hall–Kier alpha value is -0.990. The van der Waals surface area contributed by atoms with Gasteiger partial charge in [-0.1, -0.05) is 6.92 Å². The van der Waals surface area contributed by atoms with E-state index >= 15 is 0 Å². The van der Waals surface area contributed by atoms with Gasteiger partial charge in [-0.05, 0) is 13.5 Å². The van der Waals surface area contributed by atoms with Crippen molar-refractivity contribution < 1.29 is 8.42 Å². The smallest absolute Gasteiger partial charge is 0.213 e. The maximum atomic E-state index is 11.7. The molecular weight excluding hydrogens is 242 g/mol. The number of nitrogens with zero attached hydrogens (tertiary/aromatic N) is 3. The van der Waals surface area contributed by atoms with Crippen LogP contribution in [0.25, 0.3) is 0 Å². The van der Waals surface area contributed by atoms with E-state index in [-0.39, 0.29) is 11.8 Å². The second-order valence-electron chi connectivity index (χ2n) is 3.81. The van der Waals surface area contributed by atoms with Crippen molar-refractivity contribution in [2.75, 3.05) is 18.8 Å². The highest BCUT2D eigenvalue weighted by Crippen LogP contribution is 2.08. The third-order valence-corrected chi connectivity index (χ3v) is 3.74. The molecule has 0 spiro atoms. The standard InChI is InChI=1S/C9H19N5O2S/c1-4-10-5-6-17(15,16)13-8(2)9-12-11-7-14(9)3/h7-8,10,13H,4-6H2,1-3H3. The van der Waals surface area contributed by atoms with Crippen molar-refractivity contribution in [1.29, 1.82) is 0 Å². The van der Waals surface area contributed by atoms with Crippen LogP contribution in [0.3, 0.4) is 0 Å². The summed E-state index contributed by atoms with van der Waals surface area (Å²) in [6.45, 7) is 4.88. The van der Waals surface area contributed by atoms with Crippen LogP contribution < -0.4 is 10.0 Å². The lowest BCUT2D eigenvalue weighted by molar-refractivity contribution is 0.550. The molecule has 0 aliphatic heterocycles. The molecule has 0 radical (unpaired) electrons. The van der Waals surface area contributed by atoms with Gasteiger partial charge < -0.3 is 9.88 Å². The average Bonchev–Trinajstić information content (AvgIpc) is 2.64. The number of sulfonamides is 1. The van der Waals surface area contributed by atoms with Gasteiger partial charge in [0.15, 0.2) is 0 Å². The van der Waals surface area contributed by atoms with E-state index in [9.17, 15) is 8.42 Å². The molecule has 0 aliphatic carbocycles. The molecular formula is C9H19N5O2S. The largest absolute Gasteiger partial charge is 0.319 e. The van der Waals surface area contributed by atoms with Crippen LogP contribution in [0.5, 0.6) is 0 Å². The van der Waals surface area contributed by atoms with Crippen molar-refractivity contribution in [3.8, 4) is 0 Å². The van der Waals surface area contributed by atoms with Gasteiger partial charge in [-0.25, -0.2) is 13.1 Å². The van der Waals surface area contributed by atoms with E-state index in [0.29, 0.717) is 12.4 Å². The Labute approximate surface area is 102 Å². The Morgan fingerprint density at radius 3 is 2.76 bits per heavy atom. The summed E-state index contributed by atoms with van der Waals surface area (Å²) in [4.78, 5) is 0. The van der Waals surface area contributed by atoms with Gasteiger partial charge in [-0.15, -0.1) is 10.2 Å². The fourth-order valence-electron chi connectivity index (χ4n) is 1.45. The van der Waals surface area contributed by atoms with Crippen molar-refractivity contribution in [2.45, 2.75) is 19.9 Å². The monoisotopic (exact) mass is 261 g/mol. The normalized spacial score (nSPS) is 13.8. The number of nitrogens with one attached hydrogen (secondary N) is 2. The molecule has 1 aromatic rings. The minimum Gasteiger partial charge on any atom is -0.319 e. The van der Waals surface area contributed by atoms with E-state index < -0.39 is 10.0 Å². The molecule has 0 amide bonds. The van der Waals surface area contributed by atoms with E-state index in [0.717, 1.165) is 6.54 Å². The minimum atomic E-state index is -3.29. The highest BCUT2D eigenvalue weighted by atomic mass is 32.2. The van der Waals surface area contributed by atoms with Crippen LogP contribution in [-0.4, -0.2) is 42.0 Å². The molecule has 7 nitrogen and oxygen atoms in total. The molecule has 98 valence electrons. The summed E-state index contributed by atoms with van der Waals surface area (Å²) in [5, 5.41) is 10.6. The van der Waals surface area contributed by atoms with E-state index in [1.165, 1.54) is 0 Å². The fraction of sp³-hybridized carbons (Fsp3) is 0.778. The average molecular weight is 261 g/mol. The van der Waals surface area contributed by atoms with Crippen molar-refractivity contribution in [3.05, 3.63) is 12.2 Å². The Kier molecular flexibility index (Phi) is 5.03. The van der Waals surface area contributed by atoms with Crippen LogP contribution >= 0.6 is 0 Å². The summed E-state index contributed by atoms with van der Waals surface area (Å²) in [5.74, 6) is 0.653. The maximum absolute atomic E-state index is 11.7. The lowest BCUT2D eigenvalue weighted by Gasteiger charge is -2.13. The summed E-state index contributed by atoms with van der Waals surface area (Å²) in [6, 6.07) is -0.380. The Morgan fingerprint density at radius 1 is 1.53 bits per heavy atom. The van der Waals surface area contributed by atoms with E-state index in [1.807, 2.05) is 6.92 Å².